The number of hydrogen-bond acceptors (Lipinski definition) is 7. The Labute approximate surface area is 236 Å². The van der Waals surface area contributed by atoms with Gasteiger partial charge in [0, 0.05) is 35.3 Å². The molecule has 1 aromatic heterocycles. The van der Waals surface area contributed by atoms with E-state index in [9.17, 15) is 19.6 Å². The van der Waals surface area contributed by atoms with Gasteiger partial charge in [-0.3, -0.25) is 19.8 Å². The van der Waals surface area contributed by atoms with Crippen molar-refractivity contribution < 1.29 is 29.1 Å². The Bertz CT molecular complexity index is 1540. The van der Waals surface area contributed by atoms with Gasteiger partial charge in [-0.1, -0.05) is 48.5 Å². The molecule has 0 aliphatic carbocycles. The highest BCUT2D eigenvalue weighted by Crippen LogP contribution is 2.22. The fraction of sp³-hybridized carbons (Fsp3) is 0.226. The van der Waals surface area contributed by atoms with E-state index in [4.69, 9.17) is 9.47 Å². The molecule has 0 unspecified atom stereocenters. The lowest BCUT2D eigenvalue weighted by atomic mass is 10.0. The molecule has 2 heterocycles. The van der Waals surface area contributed by atoms with E-state index in [-0.39, 0.29) is 19.7 Å². The highest BCUT2D eigenvalue weighted by Gasteiger charge is 2.41. The number of pyridine rings is 1. The van der Waals surface area contributed by atoms with Crippen LogP contribution in [0.1, 0.15) is 27.2 Å². The zero-order valence-electron chi connectivity index (χ0n) is 22.4. The summed E-state index contributed by atoms with van der Waals surface area (Å²) in [7, 11) is 0. The van der Waals surface area contributed by atoms with Crippen LogP contribution in [0.5, 0.6) is 5.75 Å². The third-order valence-corrected chi connectivity index (χ3v) is 6.99. The largest absolute Gasteiger partial charge is 0.489 e. The van der Waals surface area contributed by atoms with Gasteiger partial charge < -0.3 is 19.7 Å². The molecule has 0 saturated carbocycles. The van der Waals surface area contributed by atoms with Crippen LogP contribution in [-0.4, -0.2) is 52.1 Å². The number of amides is 3. The quantitative estimate of drug-likeness (QED) is 0.222. The fourth-order valence-corrected chi connectivity index (χ4v) is 4.89. The Morgan fingerprint density at radius 3 is 2.44 bits per heavy atom. The SMILES string of the molecule is Cc1cc(COc2ccc(C(=O)N[C@@H]3CN(C(=O)OCc4ccccc4)C[C@@H]3C(=O)NO)cc2)c2ccccc2n1. The Hall–Kier alpha value is -4.96. The van der Waals surface area contributed by atoms with Gasteiger partial charge in [0.05, 0.1) is 17.5 Å². The molecule has 10 heteroatoms. The van der Waals surface area contributed by atoms with Gasteiger partial charge in [0.1, 0.15) is 19.0 Å². The molecule has 1 fully saturated rings. The van der Waals surface area contributed by atoms with E-state index < -0.39 is 29.9 Å². The molecule has 210 valence electrons. The molecule has 0 spiro atoms. The average Bonchev–Trinajstić information content (AvgIpc) is 3.42. The number of nitrogens with one attached hydrogen (secondary N) is 2. The van der Waals surface area contributed by atoms with Gasteiger partial charge in [-0.25, -0.2) is 10.3 Å². The highest BCUT2D eigenvalue weighted by atomic mass is 16.6. The van der Waals surface area contributed by atoms with E-state index in [1.807, 2.05) is 67.6 Å². The molecule has 1 aliphatic heterocycles. The van der Waals surface area contributed by atoms with E-state index in [0.717, 1.165) is 27.7 Å². The van der Waals surface area contributed by atoms with E-state index >= 15 is 0 Å². The van der Waals surface area contributed by atoms with Crippen molar-refractivity contribution in [1.29, 1.82) is 0 Å². The maximum Gasteiger partial charge on any atom is 0.410 e. The third-order valence-electron chi connectivity index (χ3n) is 6.99. The predicted octanol–water partition coefficient (Wildman–Crippen LogP) is 3.99. The molecule has 0 bridgehead atoms. The van der Waals surface area contributed by atoms with Gasteiger partial charge in [-0.2, -0.15) is 0 Å². The second kappa shape index (κ2) is 12.5. The van der Waals surface area contributed by atoms with Crippen molar-refractivity contribution in [3.8, 4) is 5.75 Å². The van der Waals surface area contributed by atoms with Crippen molar-refractivity contribution in [2.45, 2.75) is 26.2 Å². The van der Waals surface area contributed by atoms with Crippen LogP contribution in [0.2, 0.25) is 0 Å². The molecule has 0 radical (unpaired) electrons. The van der Waals surface area contributed by atoms with Crippen molar-refractivity contribution in [2.75, 3.05) is 13.1 Å². The van der Waals surface area contributed by atoms with Gasteiger partial charge in [-0.15, -0.1) is 0 Å². The van der Waals surface area contributed by atoms with Crippen LogP contribution < -0.4 is 15.5 Å². The summed E-state index contributed by atoms with van der Waals surface area (Å²) in [6, 6.07) is 25.0. The second-order valence-electron chi connectivity index (χ2n) is 9.86. The van der Waals surface area contributed by atoms with Crippen molar-refractivity contribution >= 4 is 28.8 Å². The molecule has 1 aliphatic rings. The van der Waals surface area contributed by atoms with E-state index in [0.29, 0.717) is 17.9 Å². The van der Waals surface area contributed by atoms with E-state index in [1.165, 1.54) is 4.90 Å². The minimum absolute atomic E-state index is 0.0130. The topological polar surface area (TPSA) is 130 Å². The van der Waals surface area contributed by atoms with Crippen LogP contribution in [0.3, 0.4) is 0 Å². The number of aromatic nitrogens is 1. The summed E-state index contributed by atoms with van der Waals surface area (Å²) >= 11 is 0. The van der Waals surface area contributed by atoms with Gasteiger partial charge >= 0.3 is 6.09 Å². The van der Waals surface area contributed by atoms with Crippen molar-refractivity contribution in [1.82, 2.24) is 20.7 Å². The number of carbonyl (C=O) groups is 3. The number of nitrogens with zero attached hydrogens (tertiary/aromatic N) is 2. The first kappa shape index (κ1) is 27.6. The van der Waals surface area contributed by atoms with Crippen molar-refractivity contribution in [2.24, 2.45) is 5.92 Å². The summed E-state index contributed by atoms with van der Waals surface area (Å²) in [6.07, 6.45) is -0.611. The molecule has 5 rings (SSSR count). The maximum absolute atomic E-state index is 13.0. The Morgan fingerprint density at radius 2 is 1.68 bits per heavy atom. The van der Waals surface area contributed by atoms with Crippen LogP contribution in [0, 0.1) is 12.8 Å². The summed E-state index contributed by atoms with van der Waals surface area (Å²) in [4.78, 5) is 43.9. The summed E-state index contributed by atoms with van der Waals surface area (Å²) in [5.41, 5.74) is 5.62. The highest BCUT2D eigenvalue weighted by molar-refractivity contribution is 5.95. The number of fused-ring (bicyclic) bond motifs is 1. The molecule has 3 N–H and O–H groups in total. The molecule has 1 saturated heterocycles. The van der Waals surface area contributed by atoms with Crippen molar-refractivity contribution in [3.63, 3.8) is 0 Å². The summed E-state index contributed by atoms with van der Waals surface area (Å²) in [6.45, 7) is 2.40. The van der Waals surface area contributed by atoms with E-state index in [2.05, 4.69) is 10.3 Å². The number of hydroxylamine groups is 1. The Morgan fingerprint density at radius 1 is 0.951 bits per heavy atom. The molecule has 41 heavy (non-hydrogen) atoms. The maximum atomic E-state index is 13.0. The molecule has 3 amide bonds. The van der Waals surface area contributed by atoms with Crippen LogP contribution in [0.25, 0.3) is 10.9 Å². The minimum Gasteiger partial charge on any atom is -0.489 e. The van der Waals surface area contributed by atoms with Crippen LogP contribution in [0.4, 0.5) is 4.79 Å². The first-order valence-electron chi connectivity index (χ1n) is 13.2. The zero-order chi connectivity index (χ0) is 28.8. The van der Waals surface area contributed by atoms with E-state index in [1.54, 1.807) is 29.7 Å². The van der Waals surface area contributed by atoms with Crippen molar-refractivity contribution in [3.05, 3.63) is 107 Å². The lowest BCUT2D eigenvalue weighted by molar-refractivity contribution is -0.133. The molecule has 4 aromatic rings. The Kier molecular flexibility index (Phi) is 8.40. The summed E-state index contributed by atoms with van der Waals surface area (Å²) in [5, 5.41) is 13.0. The average molecular weight is 555 g/mol. The normalized spacial score (nSPS) is 16.3. The van der Waals surface area contributed by atoms with Crippen LogP contribution in [-0.2, 0) is 22.7 Å². The summed E-state index contributed by atoms with van der Waals surface area (Å²) in [5.74, 6) is -1.39. The second-order valence-corrected chi connectivity index (χ2v) is 9.86. The molecule has 2 atom stereocenters. The Balaban J connectivity index is 1.19. The van der Waals surface area contributed by atoms with Crippen LogP contribution >= 0.6 is 0 Å². The van der Waals surface area contributed by atoms with Gasteiger partial charge in [0.25, 0.3) is 5.91 Å². The van der Waals surface area contributed by atoms with Crippen LogP contribution in [0.15, 0.2) is 84.9 Å². The monoisotopic (exact) mass is 554 g/mol. The lowest BCUT2D eigenvalue weighted by Crippen LogP contribution is -2.45. The predicted molar refractivity (Wildman–Crippen MR) is 150 cm³/mol. The number of likely N-dealkylation sites (tertiary alicyclic amines) is 1. The number of rotatable bonds is 8. The molecule has 10 nitrogen and oxygen atoms in total. The first-order valence-corrected chi connectivity index (χ1v) is 13.2. The number of carbonyl (C=O) groups excluding carboxylic acids is 3. The molecular weight excluding hydrogens is 524 g/mol. The zero-order valence-corrected chi connectivity index (χ0v) is 22.4. The molecule has 3 aromatic carbocycles. The lowest BCUT2D eigenvalue weighted by Gasteiger charge is -2.18. The first-order chi connectivity index (χ1) is 19.9. The van der Waals surface area contributed by atoms with Gasteiger partial charge in [0.2, 0.25) is 5.91 Å². The number of hydrogen-bond donors (Lipinski definition) is 3. The van der Waals surface area contributed by atoms with Gasteiger partial charge in [-0.05, 0) is 48.9 Å². The number of benzene rings is 3. The van der Waals surface area contributed by atoms with Gasteiger partial charge in [0.15, 0.2) is 0 Å². The minimum atomic E-state index is -0.852. The number of para-hydroxylation sites is 1. The number of ether oxygens (including phenoxy) is 2. The smallest absolute Gasteiger partial charge is 0.410 e. The molecular formula is C31H30N4O6. The number of aryl methyl sites for hydroxylation is 1. The third kappa shape index (κ3) is 6.62. The fourth-order valence-electron chi connectivity index (χ4n) is 4.89. The summed E-state index contributed by atoms with van der Waals surface area (Å²) < 4.78 is 11.4. The standard InChI is InChI=1S/C31H30N4O6/c1-20-15-23(25-9-5-6-10-27(25)32-20)19-40-24-13-11-22(12-14-24)29(36)33-28-17-35(16-26(28)30(37)34-39)31(38)41-18-21-7-3-2-4-8-21/h2-15,26,28,39H,16-19H2,1H3,(H,33,36)(H,34,37)/t26-,28+/m0/s1.